The minimum atomic E-state index is -0.419. The first-order valence-corrected chi connectivity index (χ1v) is 9.73. The molecule has 0 fully saturated rings. The van der Waals surface area contributed by atoms with Crippen molar-refractivity contribution >= 4 is 33.2 Å². The Morgan fingerprint density at radius 1 is 1.00 bits per heavy atom. The van der Waals surface area contributed by atoms with Crippen LogP contribution in [0, 0.1) is 6.92 Å². The zero-order valence-corrected chi connectivity index (χ0v) is 16.9. The van der Waals surface area contributed by atoms with Crippen LogP contribution >= 0.6 is 11.3 Å². The van der Waals surface area contributed by atoms with Gasteiger partial charge in [0.25, 0.3) is 0 Å². The molecular weight excluding hydrogens is 376 g/mol. The van der Waals surface area contributed by atoms with E-state index in [2.05, 4.69) is 0 Å². The highest BCUT2D eigenvalue weighted by Gasteiger charge is 2.17. The molecule has 6 heteroatoms. The van der Waals surface area contributed by atoms with Crippen LogP contribution in [0.4, 0.5) is 0 Å². The van der Waals surface area contributed by atoms with Crippen molar-refractivity contribution in [3.63, 3.8) is 0 Å². The molecule has 0 aliphatic heterocycles. The molecule has 3 aromatic rings. The van der Waals surface area contributed by atoms with Crippen LogP contribution in [0.25, 0.3) is 10.1 Å². The smallest absolute Gasteiger partial charge is 0.306 e. The van der Waals surface area contributed by atoms with Gasteiger partial charge in [-0.25, -0.2) is 0 Å². The number of Topliss-reactive ketones (excluding diaryl/α,β-unsaturated/α-hetero) is 1. The number of esters is 1. The molecule has 5 nitrogen and oxygen atoms in total. The lowest BCUT2D eigenvalue weighted by Crippen LogP contribution is -2.14. The molecule has 0 spiro atoms. The number of para-hydroxylation sites is 1. The van der Waals surface area contributed by atoms with Crippen LogP contribution in [0.2, 0.25) is 0 Å². The number of ether oxygens (including phenoxy) is 3. The summed E-state index contributed by atoms with van der Waals surface area (Å²) in [5, 5.41) is 1.06. The van der Waals surface area contributed by atoms with Gasteiger partial charge in [0.1, 0.15) is 0 Å². The predicted molar refractivity (Wildman–Crippen MR) is 110 cm³/mol. The number of rotatable bonds is 8. The first-order chi connectivity index (χ1) is 13.5. The zero-order valence-electron chi connectivity index (χ0n) is 16.1. The van der Waals surface area contributed by atoms with Gasteiger partial charge in [0, 0.05) is 11.1 Å². The fraction of sp³-hybridized carbons (Fsp3) is 0.273. The molecule has 28 heavy (non-hydrogen) atoms. The average molecular weight is 398 g/mol. The minimum absolute atomic E-state index is 0.155. The lowest BCUT2D eigenvalue weighted by molar-refractivity contribution is -0.142. The van der Waals surface area contributed by atoms with Crippen molar-refractivity contribution in [2.24, 2.45) is 0 Å². The molecule has 0 N–H and O–H groups in total. The predicted octanol–water partition coefficient (Wildman–Crippen LogP) is 4.59. The van der Waals surface area contributed by atoms with Crippen LogP contribution in [-0.4, -0.2) is 32.6 Å². The maximum Gasteiger partial charge on any atom is 0.306 e. The molecule has 0 saturated carbocycles. The van der Waals surface area contributed by atoms with E-state index >= 15 is 0 Å². The molecule has 0 saturated heterocycles. The molecule has 2 aromatic carbocycles. The summed E-state index contributed by atoms with van der Waals surface area (Å²) in [6.07, 6.45) is 0.595. The van der Waals surface area contributed by atoms with Gasteiger partial charge in [-0.3, -0.25) is 9.59 Å². The van der Waals surface area contributed by atoms with Gasteiger partial charge in [-0.15, -0.1) is 11.3 Å². The maximum absolute atomic E-state index is 12.5. The fourth-order valence-electron chi connectivity index (χ4n) is 3.11. The van der Waals surface area contributed by atoms with Crippen LogP contribution < -0.4 is 9.47 Å². The van der Waals surface area contributed by atoms with Crippen molar-refractivity contribution in [2.45, 2.75) is 19.8 Å². The third-order valence-corrected chi connectivity index (χ3v) is 5.86. The second kappa shape index (κ2) is 8.89. The van der Waals surface area contributed by atoms with E-state index in [1.54, 1.807) is 20.3 Å². The summed E-state index contributed by atoms with van der Waals surface area (Å²) in [5.41, 5.74) is 1.79. The Morgan fingerprint density at radius 3 is 2.50 bits per heavy atom. The molecule has 0 bridgehead atoms. The van der Waals surface area contributed by atoms with E-state index in [0.717, 1.165) is 21.2 Å². The summed E-state index contributed by atoms with van der Waals surface area (Å²) in [7, 11) is 3.13. The first-order valence-electron chi connectivity index (χ1n) is 8.92. The number of ketones is 1. The van der Waals surface area contributed by atoms with Gasteiger partial charge in [0.05, 0.1) is 19.1 Å². The molecule has 146 valence electrons. The van der Waals surface area contributed by atoms with Crippen LogP contribution in [0.3, 0.4) is 0 Å². The SMILES string of the molecule is COc1cccc(CCC(=O)OCC(=O)c2sc3ccccc3c2C)c1OC. The number of carbonyl (C=O) groups is 2. The number of benzene rings is 2. The molecular formula is C22H22O5S. The Morgan fingerprint density at radius 2 is 1.79 bits per heavy atom. The standard InChI is InChI=1S/C22H22O5S/c1-14-16-8-4-5-10-19(16)28-22(14)17(23)13-27-20(24)12-11-15-7-6-9-18(25-2)21(15)26-3/h4-10H,11-13H2,1-3H3. The Bertz CT molecular complexity index is 1010. The summed E-state index contributed by atoms with van der Waals surface area (Å²) in [6.45, 7) is 1.67. The molecule has 0 aliphatic carbocycles. The summed E-state index contributed by atoms with van der Waals surface area (Å²) in [5.74, 6) is 0.626. The summed E-state index contributed by atoms with van der Waals surface area (Å²) < 4.78 is 16.9. The normalized spacial score (nSPS) is 10.7. The van der Waals surface area contributed by atoms with Crippen LogP contribution in [0.5, 0.6) is 11.5 Å². The van der Waals surface area contributed by atoms with Crippen molar-refractivity contribution in [3.05, 3.63) is 58.5 Å². The third-order valence-electron chi connectivity index (χ3n) is 4.54. The van der Waals surface area contributed by atoms with Crippen molar-refractivity contribution < 1.29 is 23.8 Å². The van der Waals surface area contributed by atoms with Crippen LogP contribution in [0.15, 0.2) is 42.5 Å². The molecule has 0 amide bonds. The van der Waals surface area contributed by atoms with Crippen LogP contribution in [0.1, 0.15) is 27.2 Å². The van der Waals surface area contributed by atoms with Crippen molar-refractivity contribution in [1.29, 1.82) is 0 Å². The second-order valence-corrected chi connectivity index (χ2v) is 7.34. The monoisotopic (exact) mass is 398 g/mol. The number of fused-ring (bicyclic) bond motifs is 1. The van der Waals surface area contributed by atoms with Gasteiger partial charge < -0.3 is 14.2 Å². The Labute approximate surface area is 167 Å². The van der Waals surface area contributed by atoms with Gasteiger partial charge in [-0.05, 0) is 42.0 Å². The maximum atomic E-state index is 12.5. The number of hydrogen-bond donors (Lipinski definition) is 0. The van der Waals surface area contributed by atoms with E-state index in [9.17, 15) is 9.59 Å². The third kappa shape index (κ3) is 4.17. The second-order valence-electron chi connectivity index (χ2n) is 6.29. The summed E-state index contributed by atoms with van der Waals surface area (Å²) in [6, 6.07) is 13.4. The van der Waals surface area contributed by atoms with E-state index in [1.807, 2.05) is 43.3 Å². The van der Waals surface area contributed by atoms with E-state index in [0.29, 0.717) is 22.8 Å². The number of hydrogen-bond acceptors (Lipinski definition) is 6. The minimum Gasteiger partial charge on any atom is -0.493 e. The van der Waals surface area contributed by atoms with Crippen molar-refractivity contribution in [2.75, 3.05) is 20.8 Å². The average Bonchev–Trinajstić information content (AvgIpc) is 3.06. The summed E-state index contributed by atoms with van der Waals surface area (Å²) >= 11 is 1.43. The van der Waals surface area contributed by atoms with Gasteiger partial charge in [-0.1, -0.05) is 30.3 Å². The lowest BCUT2D eigenvalue weighted by Gasteiger charge is -2.12. The Hall–Kier alpha value is -2.86. The molecule has 0 radical (unpaired) electrons. The quantitative estimate of drug-likeness (QED) is 0.410. The van der Waals surface area contributed by atoms with E-state index in [4.69, 9.17) is 14.2 Å². The highest BCUT2D eigenvalue weighted by atomic mass is 32.1. The molecule has 0 atom stereocenters. The first kappa shape index (κ1) is 19.9. The molecule has 1 heterocycles. The number of thiophene rings is 1. The number of carbonyl (C=O) groups excluding carboxylic acids is 2. The molecule has 0 unspecified atom stereocenters. The fourth-order valence-corrected chi connectivity index (χ4v) is 4.24. The van der Waals surface area contributed by atoms with E-state index < -0.39 is 5.97 Å². The number of aryl methyl sites for hydroxylation is 2. The zero-order chi connectivity index (χ0) is 20.1. The molecule has 1 aromatic heterocycles. The highest BCUT2D eigenvalue weighted by Crippen LogP contribution is 2.32. The molecule has 3 rings (SSSR count). The highest BCUT2D eigenvalue weighted by molar-refractivity contribution is 7.21. The topological polar surface area (TPSA) is 61.8 Å². The van der Waals surface area contributed by atoms with Gasteiger partial charge in [0.2, 0.25) is 5.78 Å². The van der Waals surface area contributed by atoms with Gasteiger partial charge in [0.15, 0.2) is 18.1 Å². The van der Waals surface area contributed by atoms with Crippen molar-refractivity contribution in [3.8, 4) is 11.5 Å². The lowest BCUT2D eigenvalue weighted by atomic mass is 10.1. The van der Waals surface area contributed by atoms with E-state index in [1.165, 1.54) is 11.3 Å². The van der Waals surface area contributed by atoms with Gasteiger partial charge >= 0.3 is 5.97 Å². The Balaban J connectivity index is 1.58. The van der Waals surface area contributed by atoms with Gasteiger partial charge in [-0.2, -0.15) is 0 Å². The van der Waals surface area contributed by atoms with Crippen molar-refractivity contribution in [1.82, 2.24) is 0 Å². The molecule has 0 aliphatic rings. The largest absolute Gasteiger partial charge is 0.493 e. The number of methoxy groups -OCH3 is 2. The summed E-state index contributed by atoms with van der Waals surface area (Å²) in [4.78, 5) is 25.3. The Kier molecular flexibility index (Phi) is 6.31. The van der Waals surface area contributed by atoms with E-state index in [-0.39, 0.29) is 18.8 Å². The van der Waals surface area contributed by atoms with Crippen LogP contribution in [-0.2, 0) is 16.0 Å².